The monoisotopic (exact) mass is 248 g/mol. The number of nitrogens with one attached hydrogen (secondary N) is 1. The van der Waals surface area contributed by atoms with E-state index in [0.29, 0.717) is 10.0 Å². The van der Waals surface area contributed by atoms with Crippen molar-refractivity contribution in [3.63, 3.8) is 0 Å². The van der Waals surface area contributed by atoms with Crippen LogP contribution in [0.3, 0.4) is 0 Å². The van der Waals surface area contributed by atoms with E-state index in [1.165, 1.54) is 12.1 Å². The summed E-state index contributed by atoms with van der Waals surface area (Å²) in [6.07, 6.45) is 0. The van der Waals surface area contributed by atoms with Crippen molar-refractivity contribution in [1.29, 1.82) is 0 Å². The molecule has 0 atom stereocenters. The second-order valence-electron chi connectivity index (χ2n) is 2.50. The fourth-order valence-corrected chi connectivity index (χ4v) is 1.61. The maximum absolute atomic E-state index is 10.9. The van der Waals surface area contributed by atoms with Gasteiger partial charge in [-0.15, -0.1) is 12.6 Å². The molecule has 0 heterocycles. The second kappa shape index (κ2) is 4.26. The fourth-order valence-electron chi connectivity index (χ4n) is 0.851. The van der Waals surface area contributed by atoms with Gasteiger partial charge in [0.15, 0.2) is 0 Å². The van der Waals surface area contributed by atoms with Gasteiger partial charge in [-0.05, 0) is 24.3 Å². The Bertz CT molecular complexity index is 439. The Kier molecular flexibility index (Phi) is 3.48. The van der Waals surface area contributed by atoms with E-state index < -0.39 is 10.0 Å². The summed E-state index contributed by atoms with van der Waals surface area (Å²) in [4.78, 5) is 0.0631. The first-order valence-corrected chi connectivity index (χ1v) is 5.92. The Hall–Kier alpha value is -0.630. The van der Waals surface area contributed by atoms with Crippen LogP contribution in [0.25, 0.3) is 0 Å². The zero-order valence-corrected chi connectivity index (χ0v) is 9.49. The third-order valence-corrected chi connectivity index (χ3v) is 2.58. The molecular formula is C7H8N2O2S3. The van der Waals surface area contributed by atoms with Gasteiger partial charge in [0.25, 0.3) is 0 Å². The van der Waals surface area contributed by atoms with E-state index >= 15 is 0 Å². The van der Waals surface area contributed by atoms with Crippen LogP contribution in [0.2, 0.25) is 0 Å². The van der Waals surface area contributed by atoms with E-state index in [0.717, 1.165) is 0 Å². The lowest BCUT2D eigenvalue weighted by Crippen LogP contribution is -2.12. The highest BCUT2D eigenvalue weighted by molar-refractivity contribution is 8.11. The molecule has 0 unspecified atom stereocenters. The maximum Gasteiger partial charge on any atom is 0.238 e. The lowest BCUT2D eigenvalue weighted by atomic mass is 10.3. The normalized spacial score (nSPS) is 11.0. The Morgan fingerprint density at radius 1 is 1.36 bits per heavy atom. The van der Waals surface area contributed by atoms with Crippen molar-refractivity contribution in [3.05, 3.63) is 24.3 Å². The minimum absolute atomic E-state index is 0.0631. The molecule has 0 saturated heterocycles. The van der Waals surface area contributed by atoms with E-state index in [2.05, 4.69) is 17.9 Å². The fraction of sp³-hybridized carbons (Fsp3) is 0. The average molecular weight is 248 g/mol. The number of primary sulfonamides is 1. The van der Waals surface area contributed by atoms with Crippen molar-refractivity contribution in [2.75, 3.05) is 5.32 Å². The van der Waals surface area contributed by atoms with Crippen molar-refractivity contribution in [2.24, 2.45) is 5.14 Å². The van der Waals surface area contributed by atoms with E-state index in [-0.39, 0.29) is 4.90 Å². The molecule has 1 aromatic rings. The third kappa shape index (κ3) is 3.26. The molecule has 14 heavy (non-hydrogen) atoms. The summed E-state index contributed by atoms with van der Waals surface area (Å²) in [5, 5.41) is 7.66. The first kappa shape index (κ1) is 11.4. The summed E-state index contributed by atoms with van der Waals surface area (Å²) in [6, 6.07) is 5.90. The standard InChI is InChI=1S/C7H8N2O2S3/c8-14(10,11)6-3-1-5(2-4-6)9-7(12)13/h1-4H,(H2,8,10,11)(H2,9,12,13). The summed E-state index contributed by atoms with van der Waals surface area (Å²) in [5.41, 5.74) is 0.664. The van der Waals surface area contributed by atoms with Gasteiger partial charge in [0.2, 0.25) is 10.0 Å². The SMILES string of the molecule is NS(=O)(=O)c1ccc(NC(=S)S)cc1. The largest absolute Gasteiger partial charge is 0.341 e. The Morgan fingerprint density at radius 3 is 2.21 bits per heavy atom. The summed E-state index contributed by atoms with van der Waals surface area (Å²) in [7, 11) is -3.63. The Labute approximate surface area is 93.0 Å². The summed E-state index contributed by atoms with van der Waals surface area (Å²) >= 11 is 8.56. The molecule has 0 spiro atoms. The summed E-state index contributed by atoms with van der Waals surface area (Å²) in [6.45, 7) is 0. The first-order chi connectivity index (χ1) is 6.39. The van der Waals surface area contributed by atoms with Gasteiger partial charge in [-0.3, -0.25) is 0 Å². The minimum Gasteiger partial charge on any atom is -0.341 e. The zero-order chi connectivity index (χ0) is 10.8. The predicted molar refractivity (Wildman–Crippen MR) is 63.0 cm³/mol. The molecule has 0 aliphatic rings. The molecule has 0 aliphatic heterocycles. The Balaban J connectivity index is 2.95. The number of hydrogen-bond donors (Lipinski definition) is 3. The molecule has 0 bridgehead atoms. The average Bonchev–Trinajstić information content (AvgIpc) is 2.02. The molecule has 1 aromatic carbocycles. The zero-order valence-electron chi connectivity index (χ0n) is 6.97. The van der Waals surface area contributed by atoms with Gasteiger partial charge in [-0.25, -0.2) is 13.6 Å². The lowest BCUT2D eigenvalue weighted by Gasteiger charge is -2.03. The lowest BCUT2D eigenvalue weighted by molar-refractivity contribution is 0.598. The molecule has 4 nitrogen and oxygen atoms in total. The van der Waals surface area contributed by atoms with Crippen molar-refractivity contribution < 1.29 is 8.42 Å². The van der Waals surface area contributed by atoms with Crippen LogP contribution in [0.1, 0.15) is 0 Å². The van der Waals surface area contributed by atoms with Gasteiger partial charge >= 0.3 is 0 Å². The predicted octanol–water partition coefficient (Wildman–Crippen LogP) is 0.961. The molecular weight excluding hydrogens is 240 g/mol. The first-order valence-electron chi connectivity index (χ1n) is 3.52. The number of thiol groups is 1. The number of benzene rings is 1. The number of nitrogens with two attached hydrogens (primary N) is 1. The van der Waals surface area contributed by atoms with Gasteiger partial charge in [0, 0.05) is 5.69 Å². The number of rotatable bonds is 2. The summed E-state index contributed by atoms with van der Waals surface area (Å²) in [5.74, 6) is 0. The Morgan fingerprint density at radius 2 is 1.86 bits per heavy atom. The molecule has 0 aliphatic carbocycles. The van der Waals surface area contributed by atoms with Crippen LogP contribution < -0.4 is 10.5 Å². The van der Waals surface area contributed by atoms with Crippen LogP contribution in [0.5, 0.6) is 0 Å². The number of hydrogen-bond acceptors (Lipinski definition) is 3. The van der Waals surface area contributed by atoms with Gasteiger partial charge in [0.05, 0.1) is 4.90 Å². The van der Waals surface area contributed by atoms with Crippen molar-refractivity contribution in [2.45, 2.75) is 4.90 Å². The van der Waals surface area contributed by atoms with E-state index in [4.69, 9.17) is 17.4 Å². The molecule has 0 amide bonds. The number of thiocarbonyl (C=S) groups is 1. The van der Waals surface area contributed by atoms with Crippen LogP contribution in [-0.2, 0) is 10.0 Å². The smallest absolute Gasteiger partial charge is 0.238 e. The second-order valence-corrected chi connectivity index (χ2v) is 5.22. The minimum atomic E-state index is -3.63. The van der Waals surface area contributed by atoms with Gasteiger partial charge < -0.3 is 5.32 Å². The molecule has 0 fully saturated rings. The van der Waals surface area contributed by atoms with Crippen LogP contribution in [-0.4, -0.2) is 12.7 Å². The number of sulfonamides is 1. The van der Waals surface area contributed by atoms with Crippen LogP contribution in [0, 0.1) is 0 Å². The summed E-state index contributed by atoms with van der Waals surface area (Å²) < 4.78 is 22.1. The van der Waals surface area contributed by atoms with E-state index in [1.54, 1.807) is 12.1 Å². The highest BCUT2D eigenvalue weighted by atomic mass is 32.2. The van der Waals surface area contributed by atoms with Crippen LogP contribution >= 0.6 is 24.8 Å². The topological polar surface area (TPSA) is 72.2 Å². The molecule has 76 valence electrons. The van der Waals surface area contributed by atoms with E-state index in [1.807, 2.05) is 0 Å². The number of anilines is 1. The van der Waals surface area contributed by atoms with Crippen LogP contribution in [0.4, 0.5) is 5.69 Å². The quantitative estimate of drug-likeness (QED) is 0.538. The van der Waals surface area contributed by atoms with Crippen molar-refractivity contribution in [1.82, 2.24) is 0 Å². The highest BCUT2D eigenvalue weighted by Gasteiger charge is 2.06. The van der Waals surface area contributed by atoms with Crippen LogP contribution in [0.15, 0.2) is 29.2 Å². The third-order valence-electron chi connectivity index (χ3n) is 1.43. The molecule has 0 saturated carbocycles. The van der Waals surface area contributed by atoms with Gasteiger partial charge in [0.1, 0.15) is 4.32 Å². The van der Waals surface area contributed by atoms with Gasteiger partial charge in [-0.1, -0.05) is 12.2 Å². The molecule has 3 N–H and O–H groups in total. The van der Waals surface area contributed by atoms with Crippen molar-refractivity contribution >= 4 is 44.9 Å². The molecule has 0 radical (unpaired) electrons. The molecule has 1 rings (SSSR count). The van der Waals surface area contributed by atoms with Gasteiger partial charge in [-0.2, -0.15) is 0 Å². The molecule has 0 aromatic heterocycles. The van der Waals surface area contributed by atoms with Crippen molar-refractivity contribution in [3.8, 4) is 0 Å². The molecule has 7 heteroatoms. The highest BCUT2D eigenvalue weighted by Crippen LogP contribution is 2.12. The maximum atomic E-state index is 10.9. The van der Waals surface area contributed by atoms with E-state index in [9.17, 15) is 8.42 Å².